The summed E-state index contributed by atoms with van der Waals surface area (Å²) >= 11 is 7.71. The molecule has 0 unspecified atom stereocenters. The number of alkyl halides is 3. The number of anilines is 1. The summed E-state index contributed by atoms with van der Waals surface area (Å²) < 4.78 is 38.7. The van der Waals surface area contributed by atoms with E-state index in [1.807, 2.05) is 17.2 Å². The Morgan fingerprint density at radius 1 is 1.07 bits per heavy atom. The van der Waals surface area contributed by atoms with Crippen molar-refractivity contribution in [1.82, 2.24) is 4.90 Å². The molecule has 1 aliphatic heterocycles. The lowest BCUT2D eigenvalue weighted by Crippen LogP contribution is -2.48. The maximum atomic E-state index is 12.9. The van der Waals surface area contributed by atoms with E-state index in [4.69, 9.17) is 11.6 Å². The Labute approximate surface area is 165 Å². The van der Waals surface area contributed by atoms with E-state index in [1.165, 1.54) is 17.8 Å². The highest BCUT2D eigenvalue weighted by atomic mass is 35.5. The zero-order valence-corrected chi connectivity index (χ0v) is 16.2. The number of thioether (sulfide) groups is 1. The SMILES string of the molecule is CSc1ccc(Cl)c(C(=O)N2CCN(c3cccc(C(F)(F)F)c3)CC2)c1. The Bertz CT molecular complexity index is 836. The molecule has 1 fully saturated rings. The second-order valence-corrected chi connectivity index (χ2v) is 7.46. The molecular weight excluding hydrogens is 397 g/mol. The van der Waals surface area contributed by atoms with Crippen LogP contribution in [0, 0.1) is 0 Å². The normalized spacial score (nSPS) is 15.1. The number of rotatable bonds is 3. The monoisotopic (exact) mass is 414 g/mol. The Hall–Kier alpha value is -1.86. The topological polar surface area (TPSA) is 23.6 Å². The Morgan fingerprint density at radius 3 is 2.41 bits per heavy atom. The van der Waals surface area contributed by atoms with Crippen molar-refractivity contribution in [2.75, 3.05) is 37.3 Å². The fourth-order valence-electron chi connectivity index (χ4n) is 3.01. The van der Waals surface area contributed by atoms with E-state index < -0.39 is 11.7 Å². The molecule has 2 aromatic carbocycles. The van der Waals surface area contributed by atoms with Crippen LogP contribution in [0.5, 0.6) is 0 Å². The number of piperazine rings is 1. The van der Waals surface area contributed by atoms with Crippen LogP contribution in [0.25, 0.3) is 0 Å². The molecule has 2 aromatic rings. The van der Waals surface area contributed by atoms with E-state index in [-0.39, 0.29) is 5.91 Å². The maximum Gasteiger partial charge on any atom is 0.416 e. The fraction of sp³-hybridized carbons (Fsp3) is 0.316. The minimum absolute atomic E-state index is 0.153. The third-order valence-corrected chi connectivity index (χ3v) is 5.56. The van der Waals surface area contributed by atoms with Gasteiger partial charge in [0.1, 0.15) is 0 Å². The van der Waals surface area contributed by atoms with Crippen molar-refractivity contribution in [3.63, 3.8) is 0 Å². The first-order chi connectivity index (χ1) is 12.8. The summed E-state index contributed by atoms with van der Waals surface area (Å²) in [4.78, 5) is 17.3. The molecular formula is C19H18ClF3N2OS. The summed E-state index contributed by atoms with van der Waals surface area (Å²) in [6.07, 6.45) is -2.45. The van der Waals surface area contributed by atoms with Gasteiger partial charge in [0.05, 0.1) is 16.1 Å². The standard InChI is InChI=1S/C19H18ClF3N2OS/c1-27-15-5-6-17(20)16(12-15)18(26)25-9-7-24(8-10-25)14-4-2-3-13(11-14)19(21,22)23/h2-6,11-12H,7-10H2,1H3. The average Bonchev–Trinajstić information content (AvgIpc) is 2.67. The van der Waals surface area contributed by atoms with Crippen molar-refractivity contribution >= 4 is 35.0 Å². The number of carbonyl (C=O) groups is 1. The molecule has 27 heavy (non-hydrogen) atoms. The summed E-state index contributed by atoms with van der Waals surface area (Å²) in [6, 6.07) is 10.6. The van der Waals surface area contributed by atoms with Gasteiger partial charge in [0.2, 0.25) is 0 Å². The predicted molar refractivity (Wildman–Crippen MR) is 103 cm³/mol. The summed E-state index contributed by atoms with van der Waals surface area (Å²) in [7, 11) is 0. The second-order valence-electron chi connectivity index (χ2n) is 6.17. The van der Waals surface area contributed by atoms with E-state index in [9.17, 15) is 18.0 Å². The van der Waals surface area contributed by atoms with Crippen LogP contribution in [0.4, 0.5) is 18.9 Å². The van der Waals surface area contributed by atoms with E-state index in [0.29, 0.717) is 42.5 Å². The van der Waals surface area contributed by atoms with Gasteiger partial charge in [-0.15, -0.1) is 11.8 Å². The molecule has 1 saturated heterocycles. The summed E-state index contributed by atoms with van der Waals surface area (Å²) in [5.74, 6) is -0.153. The molecule has 0 aliphatic carbocycles. The number of amides is 1. The fourth-order valence-corrected chi connectivity index (χ4v) is 3.65. The zero-order chi connectivity index (χ0) is 19.6. The zero-order valence-electron chi connectivity index (χ0n) is 14.6. The minimum atomic E-state index is -4.37. The van der Waals surface area contributed by atoms with Crippen molar-refractivity contribution in [3.05, 3.63) is 58.6 Å². The molecule has 0 N–H and O–H groups in total. The van der Waals surface area contributed by atoms with Crippen molar-refractivity contribution in [3.8, 4) is 0 Å². The van der Waals surface area contributed by atoms with Gasteiger partial charge in [0.15, 0.2) is 0 Å². The molecule has 0 aromatic heterocycles. The van der Waals surface area contributed by atoms with Crippen LogP contribution in [-0.2, 0) is 6.18 Å². The molecule has 8 heteroatoms. The molecule has 1 aliphatic rings. The number of nitrogens with zero attached hydrogens (tertiary/aromatic N) is 2. The van der Waals surface area contributed by atoms with Gasteiger partial charge in [-0.1, -0.05) is 17.7 Å². The third-order valence-electron chi connectivity index (χ3n) is 4.51. The van der Waals surface area contributed by atoms with Gasteiger partial charge in [-0.3, -0.25) is 4.79 Å². The average molecular weight is 415 g/mol. The Kier molecular flexibility index (Phi) is 5.91. The van der Waals surface area contributed by atoms with Gasteiger partial charge in [-0.2, -0.15) is 13.2 Å². The van der Waals surface area contributed by atoms with E-state index in [2.05, 4.69) is 0 Å². The van der Waals surface area contributed by atoms with Crippen molar-refractivity contribution < 1.29 is 18.0 Å². The number of hydrogen-bond acceptors (Lipinski definition) is 3. The van der Waals surface area contributed by atoms with Crippen LogP contribution < -0.4 is 4.90 Å². The summed E-state index contributed by atoms with van der Waals surface area (Å²) in [5.41, 5.74) is 0.301. The maximum absolute atomic E-state index is 12.9. The molecule has 0 saturated carbocycles. The molecule has 0 spiro atoms. The lowest BCUT2D eigenvalue weighted by Gasteiger charge is -2.36. The van der Waals surface area contributed by atoms with Gasteiger partial charge in [-0.25, -0.2) is 0 Å². The molecule has 0 bridgehead atoms. The van der Waals surface area contributed by atoms with Gasteiger partial charge < -0.3 is 9.80 Å². The summed E-state index contributed by atoms with van der Waals surface area (Å²) in [6.45, 7) is 1.78. The van der Waals surface area contributed by atoms with Crippen LogP contribution in [0.2, 0.25) is 5.02 Å². The molecule has 144 valence electrons. The van der Waals surface area contributed by atoms with Gasteiger partial charge in [0, 0.05) is 36.8 Å². The molecule has 0 radical (unpaired) electrons. The second kappa shape index (κ2) is 8.02. The molecule has 1 amide bonds. The largest absolute Gasteiger partial charge is 0.416 e. The molecule has 3 rings (SSSR count). The van der Waals surface area contributed by atoms with E-state index in [0.717, 1.165) is 17.0 Å². The van der Waals surface area contributed by atoms with Crippen molar-refractivity contribution in [2.24, 2.45) is 0 Å². The van der Waals surface area contributed by atoms with Crippen LogP contribution >= 0.6 is 23.4 Å². The van der Waals surface area contributed by atoms with Crippen LogP contribution in [0.3, 0.4) is 0 Å². The van der Waals surface area contributed by atoms with Gasteiger partial charge in [-0.05, 0) is 42.7 Å². The van der Waals surface area contributed by atoms with Crippen LogP contribution in [-0.4, -0.2) is 43.2 Å². The lowest BCUT2D eigenvalue weighted by molar-refractivity contribution is -0.137. The first-order valence-electron chi connectivity index (χ1n) is 8.34. The predicted octanol–water partition coefficient (Wildman–Crippen LogP) is 5.04. The highest BCUT2D eigenvalue weighted by molar-refractivity contribution is 7.98. The highest BCUT2D eigenvalue weighted by Crippen LogP contribution is 2.32. The number of hydrogen-bond donors (Lipinski definition) is 0. The lowest BCUT2D eigenvalue weighted by atomic mass is 10.1. The van der Waals surface area contributed by atoms with E-state index in [1.54, 1.807) is 23.1 Å². The summed E-state index contributed by atoms with van der Waals surface area (Å²) in [5, 5.41) is 0.401. The number of halogens is 4. The molecule has 3 nitrogen and oxygen atoms in total. The van der Waals surface area contributed by atoms with Crippen molar-refractivity contribution in [1.29, 1.82) is 0 Å². The van der Waals surface area contributed by atoms with Crippen LogP contribution in [0.15, 0.2) is 47.4 Å². The minimum Gasteiger partial charge on any atom is -0.368 e. The number of benzene rings is 2. The Balaban J connectivity index is 1.70. The van der Waals surface area contributed by atoms with Gasteiger partial charge >= 0.3 is 6.18 Å². The molecule has 1 heterocycles. The first kappa shape index (κ1) is 19.9. The van der Waals surface area contributed by atoms with E-state index >= 15 is 0 Å². The smallest absolute Gasteiger partial charge is 0.368 e. The molecule has 0 atom stereocenters. The Morgan fingerprint density at radius 2 is 1.78 bits per heavy atom. The quantitative estimate of drug-likeness (QED) is 0.657. The van der Waals surface area contributed by atoms with Crippen LogP contribution in [0.1, 0.15) is 15.9 Å². The van der Waals surface area contributed by atoms with Crippen molar-refractivity contribution in [2.45, 2.75) is 11.1 Å². The third kappa shape index (κ3) is 4.52. The highest BCUT2D eigenvalue weighted by Gasteiger charge is 2.31. The van der Waals surface area contributed by atoms with Gasteiger partial charge in [0.25, 0.3) is 5.91 Å². The number of carbonyl (C=O) groups excluding carboxylic acids is 1. The first-order valence-corrected chi connectivity index (χ1v) is 9.95.